The number of aromatic nitrogens is 4. The van der Waals surface area contributed by atoms with E-state index in [1.165, 1.54) is 13.2 Å². The Morgan fingerprint density at radius 2 is 2.12 bits per heavy atom. The maximum absolute atomic E-state index is 11.6. The molecule has 0 saturated heterocycles. The number of nitrogens with one attached hydrogen (secondary N) is 4. The maximum Gasteiger partial charge on any atom is 0.319 e. The zero-order valence-electron chi connectivity index (χ0n) is 14.0. The molecule has 4 N–H and O–H groups in total. The summed E-state index contributed by atoms with van der Waals surface area (Å²) in [4.78, 5) is 20.3. The molecule has 0 saturated carbocycles. The van der Waals surface area contributed by atoms with Crippen LogP contribution in [-0.4, -0.2) is 46.8 Å². The van der Waals surface area contributed by atoms with Crippen LogP contribution in [-0.2, 0) is 0 Å². The minimum Gasteiger partial charge on any atom is -0.480 e. The summed E-state index contributed by atoms with van der Waals surface area (Å²) < 4.78 is 6.83. The van der Waals surface area contributed by atoms with Crippen molar-refractivity contribution >= 4 is 34.7 Å². The molecule has 3 aromatic heterocycles. The third kappa shape index (κ3) is 3.22. The minimum atomic E-state index is -0.352. The highest BCUT2D eigenvalue weighted by Crippen LogP contribution is 2.27. The van der Waals surface area contributed by atoms with Crippen LogP contribution < -0.4 is 26.0 Å². The summed E-state index contributed by atoms with van der Waals surface area (Å²) >= 11 is 0. The molecule has 0 fully saturated rings. The first kappa shape index (κ1) is 16.3. The Bertz CT molecular complexity index is 908. The quantitative estimate of drug-likeness (QED) is 0.557. The monoisotopic (exact) mass is 342 g/mol. The number of nitrogens with zero attached hydrogens (tertiary/aromatic N) is 4. The van der Waals surface area contributed by atoms with Crippen molar-refractivity contribution in [3.63, 3.8) is 0 Å². The van der Waals surface area contributed by atoms with E-state index >= 15 is 0 Å². The zero-order valence-corrected chi connectivity index (χ0v) is 14.0. The zero-order chi connectivity index (χ0) is 17.8. The molecular weight excluding hydrogens is 324 g/mol. The Morgan fingerprint density at radius 3 is 2.84 bits per heavy atom. The second-order valence-corrected chi connectivity index (χ2v) is 4.96. The van der Waals surface area contributed by atoms with E-state index in [1.807, 2.05) is 6.07 Å². The van der Waals surface area contributed by atoms with Gasteiger partial charge in [0.15, 0.2) is 5.65 Å². The number of pyridine rings is 1. The van der Waals surface area contributed by atoms with Crippen molar-refractivity contribution in [3.8, 4) is 5.88 Å². The Kier molecular flexibility index (Phi) is 4.50. The van der Waals surface area contributed by atoms with Crippen LogP contribution in [0.1, 0.15) is 0 Å². The molecule has 3 aromatic rings. The summed E-state index contributed by atoms with van der Waals surface area (Å²) in [5, 5.41) is 15.6. The van der Waals surface area contributed by atoms with Crippen molar-refractivity contribution < 1.29 is 9.53 Å². The molecule has 130 valence electrons. The van der Waals surface area contributed by atoms with E-state index in [1.54, 1.807) is 37.0 Å². The highest BCUT2D eigenvalue weighted by atomic mass is 16.5. The number of rotatable bonds is 5. The second-order valence-electron chi connectivity index (χ2n) is 4.96. The van der Waals surface area contributed by atoms with Crippen LogP contribution >= 0.6 is 0 Å². The molecule has 10 heteroatoms. The lowest BCUT2D eigenvalue weighted by atomic mass is 10.4. The Balaban J connectivity index is 2.03. The van der Waals surface area contributed by atoms with Gasteiger partial charge in [0.05, 0.1) is 13.3 Å². The molecule has 0 unspecified atom stereocenters. The third-order valence-electron chi connectivity index (χ3n) is 3.43. The summed E-state index contributed by atoms with van der Waals surface area (Å²) in [6.45, 7) is 0. The van der Waals surface area contributed by atoms with Gasteiger partial charge in [0, 0.05) is 26.4 Å². The predicted octanol–water partition coefficient (Wildman–Crippen LogP) is 1.67. The first-order valence-corrected chi connectivity index (χ1v) is 7.47. The average molecular weight is 342 g/mol. The summed E-state index contributed by atoms with van der Waals surface area (Å²) in [5.74, 6) is 1.69. The van der Waals surface area contributed by atoms with Crippen LogP contribution in [0.2, 0.25) is 0 Å². The first-order chi connectivity index (χ1) is 12.2. The van der Waals surface area contributed by atoms with Gasteiger partial charge in [0.1, 0.15) is 23.0 Å². The van der Waals surface area contributed by atoms with Gasteiger partial charge in [-0.05, 0) is 12.1 Å². The SMILES string of the molecule is CNC(=O)Nc1cnn2c(NC)cc(Nc3cccnc3OC)nc12. The largest absolute Gasteiger partial charge is 0.480 e. The van der Waals surface area contributed by atoms with Gasteiger partial charge in [-0.2, -0.15) is 9.61 Å². The number of urea groups is 1. The summed E-state index contributed by atoms with van der Waals surface area (Å²) in [7, 11) is 4.86. The standard InChI is InChI=1S/C15H18N8O2/c1-16-12-7-11(20-9-5-4-6-18-14(9)25-3)22-13-10(8-19-23(12)13)21-15(24)17-2/h4-8,16H,1-3H3,(H,20,22)(H2,17,21,24). The number of hydrogen-bond donors (Lipinski definition) is 4. The number of ether oxygens (including phenoxy) is 1. The number of anilines is 4. The fraction of sp³-hybridized carbons (Fsp3) is 0.200. The molecule has 10 nitrogen and oxygen atoms in total. The Labute approximate surface area is 143 Å². The van der Waals surface area contributed by atoms with Crippen molar-refractivity contribution in [2.75, 3.05) is 37.2 Å². The number of methoxy groups -OCH3 is 1. The van der Waals surface area contributed by atoms with Crippen LogP contribution in [0.3, 0.4) is 0 Å². The van der Waals surface area contributed by atoms with Crippen molar-refractivity contribution in [1.82, 2.24) is 24.9 Å². The van der Waals surface area contributed by atoms with Gasteiger partial charge < -0.3 is 26.0 Å². The first-order valence-electron chi connectivity index (χ1n) is 7.47. The molecule has 0 aromatic carbocycles. The van der Waals surface area contributed by atoms with Gasteiger partial charge in [0.2, 0.25) is 5.88 Å². The van der Waals surface area contributed by atoms with Crippen molar-refractivity contribution in [2.45, 2.75) is 0 Å². The van der Waals surface area contributed by atoms with E-state index in [2.05, 4.69) is 36.3 Å². The molecule has 0 radical (unpaired) electrons. The second kappa shape index (κ2) is 6.91. The van der Waals surface area contributed by atoms with Crippen LogP contribution in [0.15, 0.2) is 30.6 Å². The number of fused-ring (bicyclic) bond motifs is 1. The maximum atomic E-state index is 11.6. The number of carbonyl (C=O) groups excluding carboxylic acids is 1. The van der Waals surface area contributed by atoms with Crippen LogP contribution in [0.4, 0.5) is 27.8 Å². The lowest BCUT2D eigenvalue weighted by Gasteiger charge is -2.12. The van der Waals surface area contributed by atoms with Gasteiger partial charge in [0.25, 0.3) is 0 Å². The molecule has 0 aliphatic heterocycles. The van der Waals surface area contributed by atoms with Crippen LogP contribution in [0.25, 0.3) is 5.65 Å². The fourth-order valence-corrected chi connectivity index (χ4v) is 2.26. The number of amides is 2. The topological polar surface area (TPSA) is 118 Å². The number of carbonyl (C=O) groups is 1. The lowest BCUT2D eigenvalue weighted by molar-refractivity contribution is 0.254. The van der Waals surface area contributed by atoms with Gasteiger partial charge in [-0.15, -0.1) is 0 Å². The van der Waals surface area contributed by atoms with Crippen LogP contribution in [0, 0.1) is 0 Å². The normalized spacial score (nSPS) is 10.4. The molecule has 0 aliphatic rings. The molecule has 0 aliphatic carbocycles. The van der Waals surface area contributed by atoms with E-state index in [0.717, 1.165) is 0 Å². The van der Waals surface area contributed by atoms with Crippen LogP contribution in [0.5, 0.6) is 5.88 Å². The summed E-state index contributed by atoms with van der Waals surface area (Å²) in [6.07, 6.45) is 3.18. The Morgan fingerprint density at radius 1 is 1.28 bits per heavy atom. The molecule has 3 rings (SSSR count). The highest BCUT2D eigenvalue weighted by Gasteiger charge is 2.14. The van der Waals surface area contributed by atoms with Crippen molar-refractivity contribution in [1.29, 1.82) is 0 Å². The summed E-state index contributed by atoms with van der Waals surface area (Å²) in [6, 6.07) is 5.06. The predicted molar refractivity (Wildman–Crippen MR) is 94.7 cm³/mol. The summed E-state index contributed by atoms with van der Waals surface area (Å²) in [5.41, 5.74) is 1.64. The average Bonchev–Trinajstić information content (AvgIpc) is 3.04. The van der Waals surface area contributed by atoms with Crippen molar-refractivity contribution in [2.24, 2.45) is 0 Å². The number of hydrogen-bond acceptors (Lipinski definition) is 7. The molecule has 0 atom stereocenters. The highest BCUT2D eigenvalue weighted by molar-refractivity contribution is 5.93. The van der Waals surface area contributed by atoms with E-state index in [0.29, 0.717) is 34.5 Å². The van der Waals surface area contributed by atoms with E-state index in [9.17, 15) is 4.79 Å². The van der Waals surface area contributed by atoms with Crippen molar-refractivity contribution in [3.05, 3.63) is 30.6 Å². The van der Waals surface area contributed by atoms with Gasteiger partial charge in [-0.1, -0.05) is 0 Å². The van der Waals surface area contributed by atoms with Gasteiger partial charge in [-0.3, -0.25) is 0 Å². The fourth-order valence-electron chi connectivity index (χ4n) is 2.26. The van der Waals surface area contributed by atoms with E-state index in [4.69, 9.17) is 4.74 Å². The smallest absolute Gasteiger partial charge is 0.319 e. The molecule has 2 amide bonds. The third-order valence-corrected chi connectivity index (χ3v) is 3.43. The molecule has 0 spiro atoms. The molecule has 0 bridgehead atoms. The van der Waals surface area contributed by atoms with E-state index in [-0.39, 0.29) is 6.03 Å². The van der Waals surface area contributed by atoms with Gasteiger partial charge >= 0.3 is 6.03 Å². The lowest BCUT2D eigenvalue weighted by Crippen LogP contribution is -2.24. The minimum absolute atomic E-state index is 0.352. The van der Waals surface area contributed by atoms with E-state index < -0.39 is 0 Å². The molecule has 3 heterocycles. The molecular formula is C15H18N8O2. The van der Waals surface area contributed by atoms with Gasteiger partial charge in [-0.25, -0.2) is 14.8 Å². The molecule has 25 heavy (non-hydrogen) atoms. The Hall–Kier alpha value is -3.56.